The fourth-order valence-corrected chi connectivity index (χ4v) is 3.28. The number of carbonyl (C=O) groups excluding carboxylic acids is 1. The lowest BCUT2D eigenvalue weighted by Crippen LogP contribution is -2.49. The fraction of sp³-hybridized carbons (Fsp3) is 0.316. The SMILES string of the molecule is Cc1cc(N2CCN(C(=O)c3nn(C)c(=O)[nH]3)CC2)nc(-c2ccccc2O)n1. The first-order chi connectivity index (χ1) is 13.9. The Balaban J connectivity index is 1.51. The van der Waals surface area contributed by atoms with Crippen molar-refractivity contribution in [2.24, 2.45) is 7.05 Å². The highest BCUT2D eigenvalue weighted by atomic mass is 16.3. The summed E-state index contributed by atoms with van der Waals surface area (Å²) in [4.78, 5) is 39.3. The van der Waals surface area contributed by atoms with Crippen molar-refractivity contribution in [1.82, 2.24) is 29.6 Å². The van der Waals surface area contributed by atoms with Gasteiger partial charge in [0.05, 0.1) is 5.56 Å². The van der Waals surface area contributed by atoms with E-state index in [1.54, 1.807) is 23.1 Å². The second-order valence-electron chi connectivity index (χ2n) is 6.89. The van der Waals surface area contributed by atoms with Gasteiger partial charge in [0.1, 0.15) is 11.6 Å². The molecule has 150 valence electrons. The molecule has 0 spiro atoms. The summed E-state index contributed by atoms with van der Waals surface area (Å²) in [5, 5.41) is 14.0. The number of piperazine rings is 1. The minimum absolute atomic E-state index is 0.0469. The molecule has 1 aliphatic rings. The van der Waals surface area contributed by atoms with E-state index in [9.17, 15) is 14.7 Å². The van der Waals surface area contributed by atoms with E-state index in [1.165, 1.54) is 7.05 Å². The number of aromatic nitrogens is 5. The summed E-state index contributed by atoms with van der Waals surface area (Å²) in [5.74, 6) is 1.09. The van der Waals surface area contributed by atoms with Crippen molar-refractivity contribution in [3.63, 3.8) is 0 Å². The lowest BCUT2D eigenvalue weighted by atomic mass is 10.2. The Labute approximate surface area is 166 Å². The maximum Gasteiger partial charge on any atom is 0.343 e. The Morgan fingerprint density at radius 2 is 1.86 bits per heavy atom. The topological polar surface area (TPSA) is 120 Å². The first kappa shape index (κ1) is 18.7. The Hall–Kier alpha value is -3.69. The number of hydrogen-bond acceptors (Lipinski definition) is 7. The molecule has 0 unspecified atom stereocenters. The number of aromatic hydroxyl groups is 1. The molecule has 10 nitrogen and oxygen atoms in total. The highest BCUT2D eigenvalue weighted by Crippen LogP contribution is 2.28. The number of benzene rings is 1. The van der Waals surface area contributed by atoms with Crippen LogP contribution in [0.4, 0.5) is 5.82 Å². The monoisotopic (exact) mass is 395 g/mol. The van der Waals surface area contributed by atoms with E-state index in [0.717, 1.165) is 16.2 Å². The molecular formula is C19H21N7O3. The number of aromatic amines is 1. The highest BCUT2D eigenvalue weighted by Gasteiger charge is 2.25. The van der Waals surface area contributed by atoms with E-state index in [1.807, 2.05) is 19.1 Å². The number of phenols is 1. The molecule has 1 aromatic carbocycles. The van der Waals surface area contributed by atoms with Gasteiger partial charge in [-0.3, -0.25) is 9.78 Å². The number of nitrogens with zero attached hydrogens (tertiary/aromatic N) is 6. The number of phenolic OH excluding ortho intramolecular Hbond substituents is 1. The van der Waals surface area contributed by atoms with Gasteiger partial charge in [-0.15, -0.1) is 5.10 Å². The van der Waals surface area contributed by atoms with E-state index in [4.69, 9.17) is 0 Å². The molecular weight excluding hydrogens is 374 g/mol. The average molecular weight is 395 g/mol. The van der Waals surface area contributed by atoms with Gasteiger partial charge in [-0.1, -0.05) is 12.1 Å². The van der Waals surface area contributed by atoms with Crippen molar-refractivity contribution in [3.8, 4) is 17.1 Å². The predicted octanol–water partition coefficient (Wildman–Crippen LogP) is 0.542. The fourth-order valence-electron chi connectivity index (χ4n) is 3.28. The van der Waals surface area contributed by atoms with Crippen LogP contribution in [0.2, 0.25) is 0 Å². The van der Waals surface area contributed by atoms with Crippen molar-refractivity contribution in [3.05, 3.63) is 52.3 Å². The number of aryl methyl sites for hydroxylation is 2. The van der Waals surface area contributed by atoms with E-state index in [0.29, 0.717) is 37.6 Å². The molecule has 1 fully saturated rings. The molecule has 10 heteroatoms. The van der Waals surface area contributed by atoms with Crippen LogP contribution in [0.1, 0.15) is 16.3 Å². The molecule has 4 rings (SSSR count). The zero-order valence-electron chi connectivity index (χ0n) is 16.2. The molecule has 1 aliphatic heterocycles. The van der Waals surface area contributed by atoms with Crippen molar-refractivity contribution in [1.29, 1.82) is 0 Å². The van der Waals surface area contributed by atoms with Gasteiger partial charge in [0.25, 0.3) is 5.91 Å². The maximum atomic E-state index is 12.5. The quantitative estimate of drug-likeness (QED) is 0.664. The summed E-state index contributed by atoms with van der Waals surface area (Å²) in [6.45, 7) is 4.00. The van der Waals surface area contributed by atoms with Crippen molar-refractivity contribution in [2.75, 3.05) is 31.1 Å². The molecule has 0 radical (unpaired) electrons. The lowest BCUT2D eigenvalue weighted by Gasteiger charge is -2.35. The van der Waals surface area contributed by atoms with Gasteiger partial charge in [0.2, 0.25) is 5.82 Å². The predicted molar refractivity (Wildman–Crippen MR) is 106 cm³/mol. The Bertz CT molecular complexity index is 1110. The standard InChI is InChI=1S/C19H21N7O3/c1-12-11-15(21-16(20-12)13-5-3-4-6-14(13)27)25-7-9-26(10-8-25)18(28)17-22-19(29)24(2)23-17/h3-6,11,27H,7-10H2,1-2H3,(H,22,23,29). The van der Waals surface area contributed by atoms with Gasteiger partial charge in [-0.05, 0) is 19.1 Å². The van der Waals surface area contributed by atoms with Crippen LogP contribution in [0.3, 0.4) is 0 Å². The van der Waals surface area contributed by atoms with Crippen LogP contribution in [0.5, 0.6) is 5.75 Å². The number of anilines is 1. The summed E-state index contributed by atoms with van der Waals surface area (Å²) in [6.07, 6.45) is 0. The zero-order valence-corrected chi connectivity index (χ0v) is 16.2. The van der Waals surface area contributed by atoms with Crippen LogP contribution in [0.25, 0.3) is 11.4 Å². The normalized spacial score (nSPS) is 14.3. The number of amides is 1. The zero-order chi connectivity index (χ0) is 20.5. The van der Waals surface area contributed by atoms with Gasteiger partial charge in [-0.2, -0.15) is 0 Å². The van der Waals surface area contributed by atoms with Crippen LogP contribution in [0, 0.1) is 6.92 Å². The number of H-pyrrole nitrogens is 1. The first-order valence-corrected chi connectivity index (χ1v) is 9.24. The molecule has 2 N–H and O–H groups in total. The molecule has 1 amide bonds. The average Bonchev–Trinajstić information content (AvgIpc) is 3.06. The Morgan fingerprint density at radius 1 is 1.14 bits per heavy atom. The minimum Gasteiger partial charge on any atom is -0.507 e. The van der Waals surface area contributed by atoms with Crippen molar-refractivity contribution < 1.29 is 9.90 Å². The number of carbonyl (C=O) groups is 1. The number of para-hydroxylation sites is 1. The van der Waals surface area contributed by atoms with E-state index in [-0.39, 0.29) is 17.5 Å². The Morgan fingerprint density at radius 3 is 2.52 bits per heavy atom. The van der Waals surface area contributed by atoms with Crippen LogP contribution >= 0.6 is 0 Å². The van der Waals surface area contributed by atoms with E-state index < -0.39 is 5.69 Å². The summed E-state index contributed by atoms with van der Waals surface area (Å²) in [5.41, 5.74) is 0.948. The van der Waals surface area contributed by atoms with Gasteiger partial charge >= 0.3 is 5.69 Å². The summed E-state index contributed by atoms with van der Waals surface area (Å²) in [7, 11) is 1.49. The molecule has 0 bridgehead atoms. The molecule has 3 heterocycles. The minimum atomic E-state index is -0.417. The largest absolute Gasteiger partial charge is 0.507 e. The maximum absolute atomic E-state index is 12.5. The van der Waals surface area contributed by atoms with Crippen LogP contribution in [-0.2, 0) is 7.05 Å². The molecule has 0 atom stereocenters. The molecule has 2 aromatic heterocycles. The van der Waals surface area contributed by atoms with Crippen LogP contribution in [0.15, 0.2) is 35.1 Å². The first-order valence-electron chi connectivity index (χ1n) is 9.24. The number of rotatable bonds is 3. The molecule has 29 heavy (non-hydrogen) atoms. The third-order valence-corrected chi connectivity index (χ3v) is 4.85. The van der Waals surface area contributed by atoms with Crippen molar-refractivity contribution >= 4 is 11.7 Å². The van der Waals surface area contributed by atoms with Gasteiger partial charge in [0.15, 0.2) is 5.82 Å². The summed E-state index contributed by atoms with van der Waals surface area (Å²) < 4.78 is 1.10. The molecule has 0 saturated carbocycles. The van der Waals surface area contributed by atoms with Gasteiger partial charge in [-0.25, -0.2) is 19.4 Å². The van der Waals surface area contributed by atoms with Gasteiger partial charge < -0.3 is 14.9 Å². The van der Waals surface area contributed by atoms with Crippen molar-refractivity contribution in [2.45, 2.75) is 6.92 Å². The lowest BCUT2D eigenvalue weighted by molar-refractivity contribution is 0.0734. The third-order valence-electron chi connectivity index (χ3n) is 4.85. The van der Waals surface area contributed by atoms with E-state index >= 15 is 0 Å². The van der Waals surface area contributed by atoms with Crippen LogP contribution in [-0.4, -0.2) is 66.8 Å². The second kappa shape index (κ2) is 7.38. The highest BCUT2D eigenvalue weighted by molar-refractivity contribution is 5.90. The number of nitrogens with one attached hydrogen (secondary N) is 1. The second-order valence-corrected chi connectivity index (χ2v) is 6.89. The van der Waals surface area contributed by atoms with Crippen LogP contribution < -0.4 is 10.6 Å². The molecule has 0 aliphatic carbocycles. The molecule has 1 saturated heterocycles. The number of hydrogen-bond donors (Lipinski definition) is 2. The Kier molecular flexibility index (Phi) is 4.75. The molecule has 3 aromatic rings. The van der Waals surface area contributed by atoms with Gasteiger partial charge in [0, 0.05) is 45.0 Å². The summed E-state index contributed by atoms with van der Waals surface area (Å²) >= 11 is 0. The smallest absolute Gasteiger partial charge is 0.343 e. The third kappa shape index (κ3) is 3.68. The van der Waals surface area contributed by atoms with E-state index in [2.05, 4.69) is 25.0 Å². The summed E-state index contributed by atoms with van der Waals surface area (Å²) in [6, 6.07) is 8.84.